The molecule has 0 saturated carbocycles. The van der Waals surface area contributed by atoms with E-state index in [1.54, 1.807) is 41.3 Å². The highest BCUT2D eigenvalue weighted by Crippen LogP contribution is 2.25. The van der Waals surface area contributed by atoms with Gasteiger partial charge in [0.15, 0.2) is 0 Å². The van der Waals surface area contributed by atoms with Crippen molar-refractivity contribution in [2.24, 2.45) is 0 Å². The smallest absolute Gasteiger partial charge is 0.243 e. The fraction of sp³-hybridized carbons (Fsp3) is 0.409. The zero-order chi connectivity index (χ0) is 21.2. The van der Waals surface area contributed by atoms with E-state index in [-0.39, 0.29) is 41.5 Å². The van der Waals surface area contributed by atoms with Crippen molar-refractivity contribution in [2.45, 2.75) is 37.5 Å². The molecule has 1 N–H and O–H groups in total. The summed E-state index contributed by atoms with van der Waals surface area (Å²) in [6.45, 7) is 7.57. The summed E-state index contributed by atoms with van der Waals surface area (Å²) in [5.74, 6) is 0.123. The molecule has 1 fully saturated rings. The average molecular weight is 417 g/mol. The summed E-state index contributed by atoms with van der Waals surface area (Å²) in [5, 5.41) is 9.34. The molecule has 6 nitrogen and oxygen atoms in total. The molecular weight excluding hydrogens is 388 g/mol. The normalized spacial score (nSPS) is 16.0. The van der Waals surface area contributed by atoms with Gasteiger partial charge < -0.3 is 10.0 Å². The van der Waals surface area contributed by atoms with Gasteiger partial charge in [-0.1, -0.05) is 45.0 Å². The van der Waals surface area contributed by atoms with Crippen LogP contribution in [0.25, 0.3) is 0 Å². The summed E-state index contributed by atoms with van der Waals surface area (Å²) in [7, 11) is -3.57. The molecule has 1 heterocycles. The van der Waals surface area contributed by atoms with Gasteiger partial charge in [-0.3, -0.25) is 4.79 Å². The van der Waals surface area contributed by atoms with Crippen LogP contribution >= 0.6 is 0 Å². The quantitative estimate of drug-likeness (QED) is 0.831. The highest BCUT2D eigenvalue weighted by atomic mass is 32.2. The average Bonchev–Trinajstić information content (AvgIpc) is 2.69. The van der Waals surface area contributed by atoms with E-state index in [0.717, 1.165) is 11.1 Å². The molecular formula is C22H28N2O4S. The van der Waals surface area contributed by atoms with Gasteiger partial charge in [-0.05, 0) is 40.8 Å². The Bertz CT molecular complexity index is 953. The Balaban J connectivity index is 1.61. The zero-order valence-corrected chi connectivity index (χ0v) is 17.9. The van der Waals surface area contributed by atoms with E-state index in [1.165, 1.54) is 4.31 Å². The molecule has 0 unspecified atom stereocenters. The van der Waals surface area contributed by atoms with Crippen LogP contribution in [0.3, 0.4) is 0 Å². The number of sulfonamides is 1. The molecule has 29 heavy (non-hydrogen) atoms. The Kier molecular flexibility index (Phi) is 6.00. The lowest BCUT2D eigenvalue weighted by Gasteiger charge is -2.34. The van der Waals surface area contributed by atoms with Gasteiger partial charge >= 0.3 is 0 Å². The number of hydrogen-bond acceptors (Lipinski definition) is 4. The molecule has 0 bridgehead atoms. The van der Waals surface area contributed by atoms with Crippen LogP contribution in [0.4, 0.5) is 0 Å². The van der Waals surface area contributed by atoms with Crippen molar-refractivity contribution in [3.8, 4) is 5.75 Å². The summed E-state index contributed by atoms with van der Waals surface area (Å²) in [4.78, 5) is 14.5. The molecule has 0 aliphatic carbocycles. The van der Waals surface area contributed by atoms with Crippen LogP contribution in [0.5, 0.6) is 5.75 Å². The largest absolute Gasteiger partial charge is 0.508 e. The molecule has 7 heteroatoms. The van der Waals surface area contributed by atoms with Crippen LogP contribution in [-0.4, -0.2) is 54.8 Å². The van der Waals surface area contributed by atoms with Crippen LogP contribution in [0.2, 0.25) is 0 Å². The van der Waals surface area contributed by atoms with Gasteiger partial charge in [0.25, 0.3) is 0 Å². The lowest BCUT2D eigenvalue weighted by molar-refractivity contribution is -0.131. The van der Waals surface area contributed by atoms with Crippen LogP contribution < -0.4 is 0 Å². The predicted octanol–water partition coefficient (Wildman–Crippen LogP) is 2.77. The van der Waals surface area contributed by atoms with Crippen molar-refractivity contribution in [2.75, 3.05) is 26.2 Å². The SMILES string of the molecule is CC(C)(C)c1ccc(S(=O)(=O)N2CCN(C(=O)Cc3ccc(O)cc3)CC2)cc1. The summed E-state index contributed by atoms with van der Waals surface area (Å²) in [6, 6.07) is 13.6. The third-order valence-electron chi connectivity index (χ3n) is 5.24. The van der Waals surface area contributed by atoms with Gasteiger partial charge in [0.05, 0.1) is 11.3 Å². The maximum Gasteiger partial charge on any atom is 0.243 e. The van der Waals surface area contributed by atoms with Gasteiger partial charge in [-0.2, -0.15) is 4.31 Å². The lowest BCUT2D eigenvalue weighted by Crippen LogP contribution is -2.50. The molecule has 0 atom stereocenters. The molecule has 0 radical (unpaired) electrons. The standard InChI is InChI=1S/C22H28N2O4S/c1-22(2,3)18-6-10-20(11-7-18)29(27,28)24-14-12-23(13-15-24)21(26)16-17-4-8-19(25)9-5-17/h4-11,25H,12-16H2,1-3H3. The van der Waals surface area contributed by atoms with E-state index >= 15 is 0 Å². The highest BCUT2D eigenvalue weighted by molar-refractivity contribution is 7.89. The van der Waals surface area contributed by atoms with Crippen LogP contribution in [0.1, 0.15) is 31.9 Å². The van der Waals surface area contributed by atoms with E-state index in [4.69, 9.17) is 0 Å². The number of carbonyl (C=O) groups excluding carboxylic acids is 1. The first kappa shape index (κ1) is 21.3. The number of phenolic OH excluding ortho intramolecular Hbond substituents is 1. The fourth-order valence-corrected chi connectivity index (χ4v) is 4.78. The molecule has 2 aromatic rings. The first-order valence-electron chi connectivity index (χ1n) is 9.74. The van der Waals surface area contributed by atoms with Gasteiger partial charge in [0, 0.05) is 26.2 Å². The van der Waals surface area contributed by atoms with E-state index in [0.29, 0.717) is 13.1 Å². The zero-order valence-electron chi connectivity index (χ0n) is 17.1. The van der Waals surface area contributed by atoms with E-state index < -0.39 is 10.0 Å². The van der Waals surface area contributed by atoms with Gasteiger partial charge in [0.2, 0.25) is 15.9 Å². The second kappa shape index (κ2) is 8.16. The van der Waals surface area contributed by atoms with Gasteiger partial charge in [-0.15, -0.1) is 0 Å². The monoisotopic (exact) mass is 416 g/mol. The Morgan fingerprint density at radius 3 is 2.00 bits per heavy atom. The molecule has 156 valence electrons. The number of phenols is 1. The van der Waals surface area contributed by atoms with Gasteiger partial charge in [0.1, 0.15) is 5.75 Å². The number of hydrogen-bond donors (Lipinski definition) is 1. The van der Waals surface area contributed by atoms with Crippen molar-refractivity contribution in [3.05, 3.63) is 59.7 Å². The molecule has 1 aliphatic rings. The van der Waals surface area contributed by atoms with Gasteiger partial charge in [-0.25, -0.2) is 8.42 Å². The van der Waals surface area contributed by atoms with Crippen molar-refractivity contribution in [1.82, 2.24) is 9.21 Å². The van der Waals surface area contributed by atoms with Crippen LogP contribution in [-0.2, 0) is 26.7 Å². The van der Waals surface area contributed by atoms with Crippen molar-refractivity contribution in [1.29, 1.82) is 0 Å². The minimum atomic E-state index is -3.57. The summed E-state index contributed by atoms with van der Waals surface area (Å²) < 4.78 is 27.3. The number of carbonyl (C=O) groups is 1. The molecule has 1 aliphatic heterocycles. The maximum absolute atomic E-state index is 12.9. The third-order valence-corrected chi connectivity index (χ3v) is 7.15. The number of amides is 1. The number of benzene rings is 2. The lowest BCUT2D eigenvalue weighted by atomic mass is 9.87. The summed E-state index contributed by atoms with van der Waals surface area (Å²) in [5.41, 5.74) is 1.87. The first-order chi connectivity index (χ1) is 13.6. The molecule has 1 amide bonds. The van der Waals surface area contributed by atoms with Crippen molar-refractivity contribution < 1.29 is 18.3 Å². The summed E-state index contributed by atoms with van der Waals surface area (Å²) >= 11 is 0. The Morgan fingerprint density at radius 2 is 1.48 bits per heavy atom. The highest BCUT2D eigenvalue weighted by Gasteiger charge is 2.30. The summed E-state index contributed by atoms with van der Waals surface area (Å²) in [6.07, 6.45) is 0.237. The maximum atomic E-state index is 12.9. The van der Waals surface area contributed by atoms with E-state index in [9.17, 15) is 18.3 Å². The minimum absolute atomic E-state index is 0.0359. The Labute approximate surface area is 172 Å². The Hall–Kier alpha value is -2.38. The topological polar surface area (TPSA) is 77.9 Å². The second-order valence-electron chi connectivity index (χ2n) is 8.40. The fourth-order valence-electron chi connectivity index (χ4n) is 3.35. The van der Waals surface area contributed by atoms with Crippen LogP contribution in [0, 0.1) is 0 Å². The molecule has 2 aromatic carbocycles. The van der Waals surface area contributed by atoms with E-state index in [2.05, 4.69) is 20.8 Å². The number of nitrogens with zero attached hydrogens (tertiary/aromatic N) is 2. The molecule has 0 aromatic heterocycles. The molecule has 3 rings (SSSR count). The Morgan fingerprint density at radius 1 is 0.931 bits per heavy atom. The van der Waals surface area contributed by atoms with E-state index in [1.807, 2.05) is 12.1 Å². The van der Waals surface area contributed by atoms with Crippen molar-refractivity contribution in [3.63, 3.8) is 0 Å². The minimum Gasteiger partial charge on any atom is -0.508 e. The number of aromatic hydroxyl groups is 1. The number of rotatable bonds is 4. The second-order valence-corrected chi connectivity index (χ2v) is 10.3. The van der Waals surface area contributed by atoms with Crippen LogP contribution in [0.15, 0.2) is 53.4 Å². The third kappa shape index (κ3) is 4.97. The molecule has 0 spiro atoms. The predicted molar refractivity (Wildman–Crippen MR) is 112 cm³/mol. The number of piperazine rings is 1. The van der Waals surface area contributed by atoms with Crippen molar-refractivity contribution >= 4 is 15.9 Å². The molecule has 1 saturated heterocycles. The first-order valence-corrected chi connectivity index (χ1v) is 11.2.